The summed E-state index contributed by atoms with van der Waals surface area (Å²) in [6, 6.07) is 18.6. The summed E-state index contributed by atoms with van der Waals surface area (Å²) in [5, 5.41) is 2.94. The fourth-order valence-corrected chi connectivity index (χ4v) is 5.25. The molecule has 0 radical (unpaired) electrons. The Labute approximate surface area is 205 Å². The smallest absolute Gasteiger partial charge is 0.222 e. The maximum Gasteiger partial charge on any atom is 0.222 e. The number of hydrogen-bond donors (Lipinski definition) is 1. The minimum Gasteiger partial charge on any atom is -0.353 e. The first-order chi connectivity index (χ1) is 16.5. The van der Waals surface area contributed by atoms with Crippen molar-refractivity contribution in [3.05, 3.63) is 65.2 Å². The molecule has 0 bridgehead atoms. The fourth-order valence-electron chi connectivity index (χ4n) is 5.08. The van der Waals surface area contributed by atoms with Crippen LogP contribution in [-0.4, -0.2) is 58.9 Å². The molecule has 1 fully saturated rings. The Bertz CT molecular complexity index is 1320. The number of hydrogen-bond acceptors (Lipinski definition) is 3. The Balaban J connectivity index is 1.37. The molecule has 6 heteroatoms. The van der Waals surface area contributed by atoms with Crippen molar-refractivity contribution in [3.63, 3.8) is 0 Å². The van der Waals surface area contributed by atoms with Crippen LogP contribution in [0.15, 0.2) is 54.6 Å². The van der Waals surface area contributed by atoms with Crippen LogP contribution in [0.1, 0.15) is 31.2 Å². The zero-order valence-corrected chi connectivity index (χ0v) is 20.6. The van der Waals surface area contributed by atoms with E-state index >= 15 is 0 Å². The number of halogens is 1. The highest BCUT2D eigenvalue weighted by molar-refractivity contribution is 6.31. The lowest BCUT2D eigenvalue weighted by Crippen LogP contribution is -2.44. The normalized spacial score (nSPS) is 15.3. The lowest BCUT2D eigenvalue weighted by Gasteiger charge is -2.35. The molecule has 0 unspecified atom stereocenters. The molecular formula is C28H31ClN4O. The van der Waals surface area contributed by atoms with E-state index in [1.807, 2.05) is 48.3 Å². The largest absolute Gasteiger partial charge is 0.353 e. The number of carbonyl (C=O) groups excluding carboxylic acids is 1. The van der Waals surface area contributed by atoms with Crippen molar-refractivity contribution < 1.29 is 4.79 Å². The summed E-state index contributed by atoms with van der Waals surface area (Å²) in [5.41, 5.74) is 5.11. The summed E-state index contributed by atoms with van der Waals surface area (Å²) < 4.78 is 0. The van der Waals surface area contributed by atoms with Crippen LogP contribution < -0.4 is 0 Å². The van der Waals surface area contributed by atoms with Gasteiger partial charge in [0, 0.05) is 40.8 Å². The second-order valence-corrected chi connectivity index (χ2v) is 9.89. The first kappa shape index (κ1) is 22.9. The Morgan fingerprint density at radius 2 is 1.94 bits per heavy atom. The molecule has 5 nitrogen and oxygen atoms in total. The van der Waals surface area contributed by atoms with Gasteiger partial charge in [0.25, 0.3) is 0 Å². The molecule has 3 heterocycles. The van der Waals surface area contributed by atoms with E-state index in [2.05, 4.69) is 35.1 Å². The van der Waals surface area contributed by atoms with Crippen molar-refractivity contribution >= 4 is 39.3 Å². The predicted octanol–water partition coefficient (Wildman–Crippen LogP) is 5.91. The van der Waals surface area contributed by atoms with Crippen molar-refractivity contribution in [3.8, 4) is 11.4 Å². The number of amides is 1. The third kappa shape index (κ3) is 4.68. The minimum atomic E-state index is 0.234. The second-order valence-electron chi connectivity index (χ2n) is 9.45. The molecule has 0 aliphatic carbocycles. The number of fused-ring (bicyclic) bond motifs is 2. The van der Waals surface area contributed by atoms with E-state index in [0.29, 0.717) is 17.5 Å². The molecular weight excluding hydrogens is 444 g/mol. The number of carbonyl (C=O) groups is 1. The van der Waals surface area contributed by atoms with E-state index < -0.39 is 0 Å². The average molecular weight is 475 g/mol. The molecule has 1 N–H and O–H groups in total. The van der Waals surface area contributed by atoms with Gasteiger partial charge in [0.1, 0.15) is 0 Å². The number of nitrogens with one attached hydrogen (secondary N) is 1. The number of benzene rings is 2. The monoisotopic (exact) mass is 474 g/mol. The molecule has 0 atom stereocenters. The highest BCUT2D eigenvalue weighted by Gasteiger charge is 2.24. The molecule has 0 saturated carbocycles. The number of H-pyrrole nitrogens is 1. The van der Waals surface area contributed by atoms with Crippen molar-refractivity contribution in [1.29, 1.82) is 0 Å². The lowest BCUT2D eigenvalue weighted by atomic mass is 10.0. The Kier molecular flexibility index (Phi) is 6.57. The van der Waals surface area contributed by atoms with Crippen molar-refractivity contribution in [2.75, 3.05) is 27.2 Å². The van der Waals surface area contributed by atoms with Crippen LogP contribution in [-0.2, 0) is 11.2 Å². The summed E-state index contributed by atoms with van der Waals surface area (Å²) >= 11 is 6.35. The number of rotatable bonds is 6. The summed E-state index contributed by atoms with van der Waals surface area (Å²) in [7, 11) is 4.11. The zero-order valence-electron chi connectivity index (χ0n) is 19.9. The molecule has 1 amide bonds. The highest BCUT2D eigenvalue weighted by atomic mass is 35.5. The molecule has 2 aromatic heterocycles. The van der Waals surface area contributed by atoms with Crippen molar-refractivity contribution in [1.82, 2.24) is 19.8 Å². The molecule has 1 aliphatic heterocycles. The van der Waals surface area contributed by atoms with E-state index in [1.165, 1.54) is 5.56 Å². The summed E-state index contributed by atoms with van der Waals surface area (Å²) in [6.07, 6.45) is 4.22. The molecule has 4 aromatic rings. The molecule has 1 saturated heterocycles. The molecule has 34 heavy (non-hydrogen) atoms. The minimum absolute atomic E-state index is 0.234. The van der Waals surface area contributed by atoms with Gasteiger partial charge in [-0.3, -0.25) is 4.79 Å². The van der Waals surface area contributed by atoms with Crippen molar-refractivity contribution in [2.24, 2.45) is 0 Å². The molecule has 2 aromatic carbocycles. The Hall–Kier alpha value is -2.89. The third-order valence-electron chi connectivity index (χ3n) is 7.17. The van der Waals surface area contributed by atoms with E-state index in [9.17, 15) is 4.79 Å². The number of para-hydroxylation sites is 1. The quantitative estimate of drug-likeness (QED) is 0.378. The van der Waals surface area contributed by atoms with Gasteiger partial charge in [0.15, 0.2) is 0 Å². The van der Waals surface area contributed by atoms with Crippen LogP contribution in [0.3, 0.4) is 0 Å². The molecule has 176 valence electrons. The van der Waals surface area contributed by atoms with Gasteiger partial charge in [-0.1, -0.05) is 35.9 Å². The number of nitrogens with zero attached hydrogens (tertiary/aromatic N) is 3. The Morgan fingerprint density at radius 1 is 1.15 bits per heavy atom. The highest BCUT2D eigenvalue weighted by Crippen LogP contribution is 2.33. The number of likely N-dealkylation sites (tertiary alicyclic amines) is 1. The van der Waals surface area contributed by atoms with E-state index in [1.54, 1.807) is 0 Å². The fraction of sp³-hybridized carbons (Fsp3) is 0.357. The van der Waals surface area contributed by atoms with Crippen LogP contribution in [0.4, 0.5) is 0 Å². The molecule has 5 rings (SSSR count). The van der Waals surface area contributed by atoms with Crippen LogP contribution in [0.25, 0.3) is 33.2 Å². The average Bonchev–Trinajstić information content (AvgIpc) is 3.21. The SMILES string of the molecule is CN1CCC(N(C)C(=O)CCCc2c(-c3ccc4ccccc4n3)[nH]c3ccc(Cl)cc23)CC1. The van der Waals surface area contributed by atoms with Gasteiger partial charge in [0.2, 0.25) is 5.91 Å². The van der Waals surface area contributed by atoms with Crippen molar-refractivity contribution in [2.45, 2.75) is 38.1 Å². The first-order valence-electron chi connectivity index (χ1n) is 12.1. The summed E-state index contributed by atoms with van der Waals surface area (Å²) in [6.45, 7) is 2.11. The van der Waals surface area contributed by atoms with Gasteiger partial charge < -0.3 is 14.8 Å². The number of aryl methyl sites for hydroxylation is 1. The van der Waals surface area contributed by atoms with Gasteiger partial charge in [-0.15, -0.1) is 0 Å². The number of pyridine rings is 1. The van der Waals surface area contributed by atoms with Crippen LogP contribution in [0.2, 0.25) is 5.02 Å². The topological polar surface area (TPSA) is 52.2 Å². The van der Waals surface area contributed by atoms with E-state index in [-0.39, 0.29) is 5.91 Å². The summed E-state index contributed by atoms with van der Waals surface area (Å²) in [4.78, 5) is 25.7. The Morgan fingerprint density at radius 3 is 2.76 bits per heavy atom. The second kappa shape index (κ2) is 9.77. The van der Waals surface area contributed by atoms with Gasteiger partial charge in [0.05, 0.1) is 16.9 Å². The molecule has 1 aliphatic rings. The van der Waals surface area contributed by atoms with Gasteiger partial charge >= 0.3 is 0 Å². The van der Waals surface area contributed by atoms with Crippen LogP contribution in [0.5, 0.6) is 0 Å². The van der Waals surface area contributed by atoms with Gasteiger partial charge in [-0.2, -0.15) is 0 Å². The van der Waals surface area contributed by atoms with Crippen LogP contribution >= 0.6 is 11.6 Å². The number of aromatic amines is 1. The van der Waals surface area contributed by atoms with Gasteiger partial charge in [-0.25, -0.2) is 4.98 Å². The standard InChI is InChI=1S/C28H31ClN4O/c1-32-16-14-21(15-17-32)33(2)27(34)9-5-7-22-23-18-20(29)11-13-25(23)31-28(22)26-12-10-19-6-3-4-8-24(19)30-26/h3-4,6,8,10-13,18,21,31H,5,7,9,14-17H2,1-2H3. The van der Waals surface area contributed by atoms with Gasteiger partial charge in [-0.05, 0) is 81.7 Å². The maximum absolute atomic E-state index is 12.9. The first-order valence-corrected chi connectivity index (χ1v) is 12.5. The zero-order chi connectivity index (χ0) is 23.7. The third-order valence-corrected chi connectivity index (χ3v) is 7.40. The van der Waals surface area contributed by atoms with Crippen LogP contribution in [0, 0.1) is 0 Å². The lowest BCUT2D eigenvalue weighted by molar-refractivity contribution is -0.132. The van der Waals surface area contributed by atoms with E-state index in [0.717, 1.165) is 72.0 Å². The maximum atomic E-state index is 12.9. The number of aromatic nitrogens is 2. The molecule has 0 spiro atoms. The predicted molar refractivity (Wildman–Crippen MR) is 140 cm³/mol. The summed E-state index contributed by atoms with van der Waals surface area (Å²) in [5.74, 6) is 0.234. The van der Waals surface area contributed by atoms with E-state index in [4.69, 9.17) is 16.6 Å². The number of piperidine rings is 1.